The van der Waals surface area contributed by atoms with Gasteiger partial charge in [0.15, 0.2) is 11.5 Å². The molecule has 1 heterocycles. The lowest BCUT2D eigenvalue weighted by molar-refractivity contribution is -0.124. The predicted molar refractivity (Wildman–Crippen MR) is 100 cm³/mol. The van der Waals surface area contributed by atoms with E-state index in [1.165, 1.54) is 23.5 Å². The number of benzene rings is 1. The van der Waals surface area contributed by atoms with E-state index in [9.17, 15) is 22.0 Å². The Kier molecular flexibility index (Phi) is 7.99. The van der Waals surface area contributed by atoms with Crippen molar-refractivity contribution in [1.29, 1.82) is 0 Å². The van der Waals surface area contributed by atoms with Crippen LogP contribution in [0.4, 0.5) is 8.78 Å². The van der Waals surface area contributed by atoms with Crippen molar-refractivity contribution in [2.45, 2.75) is 45.3 Å². The van der Waals surface area contributed by atoms with Gasteiger partial charge in [-0.25, -0.2) is 8.42 Å². The van der Waals surface area contributed by atoms with E-state index in [0.717, 1.165) is 0 Å². The van der Waals surface area contributed by atoms with Crippen LogP contribution in [0.25, 0.3) is 0 Å². The van der Waals surface area contributed by atoms with Gasteiger partial charge in [0.25, 0.3) is 0 Å². The van der Waals surface area contributed by atoms with Crippen LogP contribution < -0.4 is 14.8 Å². The molecule has 1 atom stereocenters. The highest BCUT2D eigenvalue weighted by molar-refractivity contribution is 7.89. The molecule has 0 aliphatic carbocycles. The SMILES string of the molecule is CCCS(=O)(=O)N1CCCC1C(=O)NCCc1ccc(OC)c(OC(F)F)c1. The molecule has 10 heteroatoms. The molecule has 1 N–H and O–H groups in total. The van der Waals surface area contributed by atoms with Crippen LogP contribution >= 0.6 is 0 Å². The molecule has 0 bridgehead atoms. The molecule has 1 aromatic carbocycles. The maximum Gasteiger partial charge on any atom is 0.387 e. The van der Waals surface area contributed by atoms with E-state index in [-0.39, 0.29) is 29.7 Å². The van der Waals surface area contributed by atoms with Crippen molar-refractivity contribution in [2.24, 2.45) is 0 Å². The number of methoxy groups -OCH3 is 1. The van der Waals surface area contributed by atoms with E-state index < -0.39 is 22.7 Å². The quantitative estimate of drug-likeness (QED) is 0.627. The normalized spacial score (nSPS) is 17.7. The summed E-state index contributed by atoms with van der Waals surface area (Å²) in [7, 11) is -2.08. The minimum Gasteiger partial charge on any atom is -0.493 e. The molecule has 0 radical (unpaired) electrons. The Balaban J connectivity index is 1.94. The zero-order valence-corrected chi connectivity index (χ0v) is 16.8. The third-order valence-corrected chi connectivity index (χ3v) is 6.56. The van der Waals surface area contributed by atoms with Crippen LogP contribution in [0.15, 0.2) is 18.2 Å². The Morgan fingerprint density at radius 2 is 2.11 bits per heavy atom. The van der Waals surface area contributed by atoms with Crippen LogP contribution in [-0.2, 0) is 21.2 Å². The topological polar surface area (TPSA) is 84.9 Å². The summed E-state index contributed by atoms with van der Waals surface area (Å²) in [5.74, 6) is -0.199. The third-order valence-electron chi connectivity index (χ3n) is 4.48. The fourth-order valence-electron chi connectivity index (χ4n) is 3.22. The van der Waals surface area contributed by atoms with Crippen molar-refractivity contribution in [1.82, 2.24) is 9.62 Å². The molecule has 1 aromatic rings. The first-order valence-electron chi connectivity index (χ1n) is 9.17. The van der Waals surface area contributed by atoms with Gasteiger partial charge in [0.1, 0.15) is 6.04 Å². The number of hydrogen-bond donors (Lipinski definition) is 1. The second-order valence-electron chi connectivity index (χ2n) is 6.49. The van der Waals surface area contributed by atoms with Gasteiger partial charge in [-0.2, -0.15) is 13.1 Å². The van der Waals surface area contributed by atoms with Crippen molar-refractivity contribution in [2.75, 3.05) is 26.0 Å². The van der Waals surface area contributed by atoms with Gasteiger partial charge >= 0.3 is 6.61 Å². The van der Waals surface area contributed by atoms with E-state index in [1.54, 1.807) is 13.0 Å². The fraction of sp³-hybridized carbons (Fsp3) is 0.611. The molecular formula is C18H26F2N2O5S. The number of halogens is 2. The van der Waals surface area contributed by atoms with Gasteiger partial charge in [0.05, 0.1) is 12.9 Å². The molecule has 0 aromatic heterocycles. The van der Waals surface area contributed by atoms with Gasteiger partial charge in [0.2, 0.25) is 15.9 Å². The number of ether oxygens (including phenoxy) is 2. The summed E-state index contributed by atoms with van der Waals surface area (Å²) in [6.45, 7) is -0.587. The average molecular weight is 420 g/mol. The smallest absolute Gasteiger partial charge is 0.387 e. The lowest BCUT2D eigenvalue weighted by atomic mass is 10.1. The summed E-state index contributed by atoms with van der Waals surface area (Å²) in [5.41, 5.74) is 0.679. The number of alkyl halides is 2. The Morgan fingerprint density at radius 1 is 1.36 bits per heavy atom. The van der Waals surface area contributed by atoms with Gasteiger partial charge in [-0.1, -0.05) is 13.0 Å². The monoisotopic (exact) mass is 420 g/mol. The van der Waals surface area contributed by atoms with Gasteiger partial charge in [-0.15, -0.1) is 0 Å². The average Bonchev–Trinajstić information content (AvgIpc) is 3.12. The Labute approximate surface area is 164 Å². The molecule has 7 nitrogen and oxygen atoms in total. The summed E-state index contributed by atoms with van der Waals surface area (Å²) in [6, 6.07) is 3.96. The number of sulfonamides is 1. The van der Waals surface area contributed by atoms with Gasteiger partial charge < -0.3 is 14.8 Å². The standard InChI is InChI=1S/C18H26F2N2O5S/c1-3-11-28(24,25)22-10-4-5-14(22)17(23)21-9-8-13-6-7-15(26-2)16(12-13)27-18(19)20/h6-7,12,14,18H,3-5,8-11H2,1-2H3,(H,21,23). The third kappa shape index (κ3) is 5.78. The molecule has 2 rings (SSSR count). The van der Waals surface area contributed by atoms with Gasteiger partial charge in [0, 0.05) is 13.1 Å². The molecule has 158 valence electrons. The molecule has 1 saturated heterocycles. The molecule has 0 saturated carbocycles. The minimum atomic E-state index is -3.44. The number of nitrogens with one attached hydrogen (secondary N) is 1. The molecule has 1 amide bonds. The number of rotatable bonds is 10. The largest absolute Gasteiger partial charge is 0.493 e. The second-order valence-corrected chi connectivity index (χ2v) is 8.53. The molecule has 0 spiro atoms. The van der Waals surface area contributed by atoms with Crippen molar-refractivity contribution in [3.63, 3.8) is 0 Å². The Hall–Kier alpha value is -1.94. The highest BCUT2D eigenvalue weighted by Crippen LogP contribution is 2.29. The summed E-state index contributed by atoms with van der Waals surface area (Å²) in [6.07, 6.45) is 2.01. The van der Waals surface area contributed by atoms with Crippen molar-refractivity contribution < 1.29 is 31.5 Å². The van der Waals surface area contributed by atoms with Crippen LogP contribution in [-0.4, -0.2) is 57.2 Å². The van der Waals surface area contributed by atoms with Crippen molar-refractivity contribution in [3.05, 3.63) is 23.8 Å². The number of amides is 1. The van der Waals surface area contributed by atoms with E-state index in [0.29, 0.717) is 37.8 Å². The summed E-state index contributed by atoms with van der Waals surface area (Å²) in [4.78, 5) is 12.4. The van der Waals surface area contributed by atoms with Gasteiger partial charge in [-0.05, 0) is 43.4 Å². The lowest BCUT2D eigenvalue weighted by Crippen LogP contribution is -2.46. The molecule has 1 aliphatic rings. The van der Waals surface area contributed by atoms with Crippen LogP contribution in [0, 0.1) is 0 Å². The predicted octanol–water partition coefficient (Wildman–Crippen LogP) is 2.16. The van der Waals surface area contributed by atoms with Crippen LogP contribution in [0.1, 0.15) is 31.7 Å². The first-order chi connectivity index (χ1) is 13.3. The first-order valence-corrected chi connectivity index (χ1v) is 10.8. The van der Waals surface area contributed by atoms with E-state index in [2.05, 4.69) is 10.1 Å². The number of nitrogens with zero attached hydrogens (tertiary/aromatic N) is 1. The van der Waals surface area contributed by atoms with Crippen LogP contribution in [0.2, 0.25) is 0 Å². The molecule has 1 fully saturated rings. The van der Waals surface area contributed by atoms with Crippen LogP contribution in [0.5, 0.6) is 11.5 Å². The second kappa shape index (κ2) is 10.0. The maximum absolute atomic E-state index is 12.5. The highest BCUT2D eigenvalue weighted by atomic mass is 32.2. The minimum absolute atomic E-state index is 0.0234. The van der Waals surface area contributed by atoms with E-state index >= 15 is 0 Å². The number of carbonyl (C=O) groups is 1. The lowest BCUT2D eigenvalue weighted by Gasteiger charge is -2.23. The Morgan fingerprint density at radius 3 is 2.75 bits per heavy atom. The molecule has 1 unspecified atom stereocenters. The van der Waals surface area contributed by atoms with Crippen LogP contribution in [0.3, 0.4) is 0 Å². The Bertz CT molecular complexity index is 773. The van der Waals surface area contributed by atoms with E-state index in [4.69, 9.17) is 4.74 Å². The zero-order valence-electron chi connectivity index (χ0n) is 16.0. The number of carbonyl (C=O) groups excluding carboxylic acids is 1. The molecular weight excluding hydrogens is 394 g/mol. The highest BCUT2D eigenvalue weighted by Gasteiger charge is 2.37. The maximum atomic E-state index is 12.5. The van der Waals surface area contributed by atoms with E-state index in [1.807, 2.05) is 0 Å². The summed E-state index contributed by atoms with van der Waals surface area (Å²) < 4.78 is 60.3. The molecule has 28 heavy (non-hydrogen) atoms. The zero-order chi connectivity index (χ0) is 20.7. The first kappa shape index (κ1) is 22.4. The summed E-state index contributed by atoms with van der Waals surface area (Å²) >= 11 is 0. The summed E-state index contributed by atoms with van der Waals surface area (Å²) in [5, 5.41) is 2.74. The van der Waals surface area contributed by atoms with Crippen molar-refractivity contribution >= 4 is 15.9 Å². The van der Waals surface area contributed by atoms with Crippen molar-refractivity contribution in [3.8, 4) is 11.5 Å². The molecule has 1 aliphatic heterocycles. The number of hydrogen-bond acceptors (Lipinski definition) is 5. The fourth-order valence-corrected chi connectivity index (χ4v) is 4.97. The van der Waals surface area contributed by atoms with Gasteiger partial charge in [-0.3, -0.25) is 4.79 Å².